The van der Waals surface area contributed by atoms with Crippen molar-refractivity contribution < 1.29 is 9.47 Å². The summed E-state index contributed by atoms with van der Waals surface area (Å²) in [5.74, 6) is 2.21. The number of nitrogens with one attached hydrogen (secondary N) is 1. The molecule has 1 saturated carbocycles. The predicted molar refractivity (Wildman–Crippen MR) is 131 cm³/mol. The third kappa shape index (κ3) is 3.95. The Hall–Kier alpha value is -3.73. The number of benzene rings is 1. The number of ether oxygens (including phenoxy) is 2. The number of aromatic nitrogens is 6. The number of rotatable bonds is 7. The van der Waals surface area contributed by atoms with Crippen molar-refractivity contribution in [2.24, 2.45) is 7.05 Å². The summed E-state index contributed by atoms with van der Waals surface area (Å²) in [6.45, 7) is 4.38. The van der Waals surface area contributed by atoms with Crippen molar-refractivity contribution in [3.05, 3.63) is 71.1 Å². The van der Waals surface area contributed by atoms with Gasteiger partial charge in [-0.25, -0.2) is 23.7 Å². The highest BCUT2D eigenvalue weighted by Crippen LogP contribution is 2.47. The molecule has 3 aromatic heterocycles. The summed E-state index contributed by atoms with van der Waals surface area (Å²) in [5, 5.41) is 4.18. The van der Waals surface area contributed by atoms with Crippen LogP contribution in [0.5, 0.6) is 11.5 Å². The van der Waals surface area contributed by atoms with E-state index in [2.05, 4.69) is 34.1 Å². The highest BCUT2D eigenvalue weighted by Gasteiger charge is 2.47. The molecule has 1 aromatic carbocycles. The van der Waals surface area contributed by atoms with Gasteiger partial charge in [-0.3, -0.25) is 0 Å². The molecule has 1 fully saturated rings. The van der Waals surface area contributed by atoms with Gasteiger partial charge in [0.15, 0.2) is 11.5 Å². The van der Waals surface area contributed by atoms with Crippen LogP contribution in [0.4, 0.5) is 5.95 Å². The average molecular weight is 492 g/mol. The van der Waals surface area contributed by atoms with E-state index in [0.29, 0.717) is 11.0 Å². The molecule has 0 amide bonds. The monoisotopic (exact) mass is 491 g/mol. The topological polar surface area (TPSA) is 101 Å². The number of anilines is 1. The summed E-state index contributed by atoms with van der Waals surface area (Å²) in [7, 11) is 1.76. The minimum Gasteiger partial charge on any atom is -0.454 e. The molecule has 180 valence electrons. The molecule has 10 nitrogen and oxygen atoms in total. The molecule has 0 atom stereocenters. The van der Waals surface area contributed by atoms with Gasteiger partial charge >= 0.3 is 5.69 Å². The normalized spacial score (nSPS) is 15.5. The van der Waals surface area contributed by atoms with E-state index in [0.717, 1.165) is 41.4 Å². The van der Waals surface area contributed by atoms with Crippen molar-refractivity contribution in [2.45, 2.75) is 43.2 Å². The molecule has 0 saturated heterocycles. The van der Waals surface area contributed by atoms with Crippen molar-refractivity contribution in [1.29, 1.82) is 0 Å². The van der Waals surface area contributed by atoms with Gasteiger partial charge in [0.25, 0.3) is 0 Å². The molecule has 6 rings (SSSR count). The molecule has 0 radical (unpaired) electrons. The van der Waals surface area contributed by atoms with Crippen LogP contribution in [0.2, 0.25) is 0 Å². The Kier molecular flexibility index (Phi) is 5.10. The molecule has 1 aliphatic carbocycles. The minimum atomic E-state index is -0.308. The van der Waals surface area contributed by atoms with Crippen molar-refractivity contribution in [3.8, 4) is 17.2 Å². The van der Waals surface area contributed by atoms with Crippen molar-refractivity contribution in [2.75, 3.05) is 12.1 Å². The lowest BCUT2D eigenvalue weighted by Gasteiger charge is -2.15. The van der Waals surface area contributed by atoms with E-state index in [1.54, 1.807) is 28.1 Å². The molecular weight excluding hydrogens is 466 g/mol. The van der Waals surface area contributed by atoms with Gasteiger partial charge in [0, 0.05) is 43.7 Å². The van der Waals surface area contributed by atoms with E-state index >= 15 is 0 Å². The van der Waals surface area contributed by atoms with Gasteiger partial charge in [0.2, 0.25) is 12.7 Å². The average Bonchev–Trinajstić information content (AvgIpc) is 3.18. The van der Waals surface area contributed by atoms with Crippen LogP contribution in [-0.4, -0.2) is 34.9 Å². The number of nitrogens with zero attached hydrogens (tertiary/aromatic N) is 6. The number of hydrogen-bond acceptors (Lipinski definition) is 8. The van der Waals surface area contributed by atoms with Crippen molar-refractivity contribution >= 4 is 17.9 Å². The van der Waals surface area contributed by atoms with Gasteiger partial charge in [-0.05, 0) is 37.0 Å². The van der Waals surface area contributed by atoms with E-state index in [4.69, 9.17) is 9.47 Å². The Morgan fingerprint density at radius 2 is 1.94 bits per heavy atom. The Morgan fingerprint density at radius 1 is 1.11 bits per heavy atom. The zero-order valence-electron chi connectivity index (χ0n) is 19.6. The molecule has 11 heteroatoms. The molecule has 4 heterocycles. The van der Waals surface area contributed by atoms with Crippen LogP contribution in [0.3, 0.4) is 0 Å². The molecule has 1 N–H and O–H groups in total. The lowest BCUT2D eigenvalue weighted by Crippen LogP contribution is -2.21. The molecule has 35 heavy (non-hydrogen) atoms. The van der Waals surface area contributed by atoms with Gasteiger partial charge < -0.3 is 23.9 Å². The summed E-state index contributed by atoms with van der Waals surface area (Å²) in [6.07, 6.45) is 9.27. The third-order valence-corrected chi connectivity index (χ3v) is 7.23. The Balaban J connectivity index is 1.22. The smallest absolute Gasteiger partial charge is 0.338 e. The maximum atomic E-state index is 12.6. The first-order valence-electron chi connectivity index (χ1n) is 11.4. The lowest BCUT2D eigenvalue weighted by molar-refractivity contribution is 0.174. The molecule has 2 aliphatic rings. The molecule has 4 aromatic rings. The molecular formula is C24H25N7O3S. The van der Waals surface area contributed by atoms with Crippen LogP contribution in [0.25, 0.3) is 5.69 Å². The first-order valence-corrected chi connectivity index (χ1v) is 12.2. The second-order valence-electron chi connectivity index (χ2n) is 9.12. The maximum Gasteiger partial charge on any atom is 0.338 e. The second-order valence-corrected chi connectivity index (χ2v) is 10.1. The second kappa shape index (κ2) is 8.19. The van der Waals surface area contributed by atoms with Crippen LogP contribution < -0.4 is 20.5 Å². The highest BCUT2D eigenvalue weighted by molar-refractivity contribution is 7.97. The van der Waals surface area contributed by atoms with Crippen LogP contribution in [-0.2, 0) is 12.6 Å². The van der Waals surface area contributed by atoms with Crippen LogP contribution in [0, 0.1) is 0 Å². The van der Waals surface area contributed by atoms with E-state index in [1.807, 2.05) is 41.2 Å². The molecule has 0 spiro atoms. The van der Waals surface area contributed by atoms with E-state index < -0.39 is 0 Å². The van der Waals surface area contributed by atoms with Crippen molar-refractivity contribution in [3.63, 3.8) is 0 Å². The molecule has 0 bridgehead atoms. The summed E-state index contributed by atoms with van der Waals surface area (Å²) in [4.78, 5) is 26.4. The van der Waals surface area contributed by atoms with E-state index in [-0.39, 0.29) is 23.9 Å². The van der Waals surface area contributed by atoms with Gasteiger partial charge in [-0.2, -0.15) is 0 Å². The lowest BCUT2D eigenvalue weighted by atomic mass is 10.2. The summed E-state index contributed by atoms with van der Waals surface area (Å²) >= 11 is 1.31. The van der Waals surface area contributed by atoms with Crippen LogP contribution in [0.15, 0.2) is 59.0 Å². The standard InChI is InChI=1S/C24H25N7O3S/c1-15(2)17-11-29(3)23(32)31(17)35-21-6-9-25-22(27-21)28-24(7-8-24)20-12-30(13-26-20)16-4-5-18-19(10-16)34-14-33-18/h4-6,9-13,15H,7-8,14H2,1-3H3,(H,25,27,28). The Labute approximate surface area is 206 Å². The minimum absolute atomic E-state index is 0.0838. The quantitative estimate of drug-likeness (QED) is 0.391. The number of fused-ring (bicyclic) bond motifs is 1. The zero-order chi connectivity index (χ0) is 24.2. The number of hydrogen-bond donors (Lipinski definition) is 1. The Bertz CT molecular complexity index is 1470. The Morgan fingerprint density at radius 3 is 2.74 bits per heavy atom. The fraction of sp³-hybridized carbons (Fsp3) is 0.333. The fourth-order valence-electron chi connectivity index (χ4n) is 4.12. The van der Waals surface area contributed by atoms with Crippen LogP contribution in [0.1, 0.15) is 44.0 Å². The van der Waals surface area contributed by atoms with Gasteiger partial charge in [-0.15, -0.1) is 0 Å². The first-order chi connectivity index (χ1) is 16.9. The van der Waals surface area contributed by atoms with Gasteiger partial charge in [-0.1, -0.05) is 13.8 Å². The fourth-order valence-corrected chi connectivity index (χ4v) is 5.13. The third-order valence-electron chi connectivity index (χ3n) is 6.27. The zero-order valence-corrected chi connectivity index (χ0v) is 20.5. The summed E-state index contributed by atoms with van der Waals surface area (Å²) < 4.78 is 16.2. The van der Waals surface area contributed by atoms with Crippen LogP contribution >= 0.6 is 11.9 Å². The first kappa shape index (κ1) is 21.8. The van der Waals surface area contributed by atoms with Gasteiger partial charge in [0.05, 0.1) is 28.9 Å². The van der Waals surface area contributed by atoms with Crippen molar-refractivity contribution in [1.82, 2.24) is 28.1 Å². The van der Waals surface area contributed by atoms with E-state index in [1.165, 1.54) is 11.9 Å². The van der Waals surface area contributed by atoms with E-state index in [9.17, 15) is 4.79 Å². The molecule has 1 aliphatic heterocycles. The van der Waals surface area contributed by atoms with Gasteiger partial charge in [0.1, 0.15) is 5.03 Å². The number of aryl methyl sites for hydroxylation is 1. The number of imidazole rings is 2. The molecule has 0 unspecified atom stereocenters. The maximum absolute atomic E-state index is 12.6. The SMILES string of the molecule is CC(C)c1cn(C)c(=O)n1Sc1ccnc(NC2(c3cn(-c4ccc5c(c4)OCO5)cn3)CC2)n1. The summed E-state index contributed by atoms with van der Waals surface area (Å²) in [5.41, 5.74) is 2.44. The largest absolute Gasteiger partial charge is 0.454 e. The summed E-state index contributed by atoms with van der Waals surface area (Å²) in [6, 6.07) is 7.64. The predicted octanol–water partition coefficient (Wildman–Crippen LogP) is 3.67. The highest BCUT2D eigenvalue weighted by atomic mass is 32.2.